The molecule has 2 aromatic carbocycles. The zero-order valence-electron chi connectivity index (χ0n) is 16.2. The summed E-state index contributed by atoms with van der Waals surface area (Å²) in [7, 11) is 1.64. The van der Waals surface area contributed by atoms with Gasteiger partial charge >= 0.3 is 0 Å². The summed E-state index contributed by atoms with van der Waals surface area (Å²) in [6.45, 7) is 8.23. The van der Waals surface area contributed by atoms with Crippen LogP contribution in [0, 0.1) is 13.8 Å². The van der Waals surface area contributed by atoms with Crippen LogP contribution in [0.1, 0.15) is 48.6 Å². The average Bonchev–Trinajstić information content (AvgIpc) is 2.56. The highest BCUT2D eigenvalue weighted by Gasteiger charge is 2.34. The van der Waals surface area contributed by atoms with Gasteiger partial charge in [-0.1, -0.05) is 18.2 Å². The van der Waals surface area contributed by atoms with Crippen molar-refractivity contribution in [3.63, 3.8) is 0 Å². The van der Waals surface area contributed by atoms with Gasteiger partial charge in [-0.15, -0.1) is 0 Å². The van der Waals surface area contributed by atoms with Crippen LogP contribution in [-0.2, 0) is 11.2 Å². The fraction of sp³-hybridized carbons (Fsp3) is 0.409. The number of hydrogen-bond donors (Lipinski definition) is 1. The summed E-state index contributed by atoms with van der Waals surface area (Å²) in [5, 5.41) is 3.19. The minimum atomic E-state index is -0.349. The van der Waals surface area contributed by atoms with Crippen LogP contribution in [0.2, 0.25) is 0 Å². The lowest BCUT2D eigenvalue weighted by Crippen LogP contribution is -2.41. The molecule has 0 aromatic heterocycles. The van der Waals surface area contributed by atoms with E-state index in [-0.39, 0.29) is 17.6 Å². The second kappa shape index (κ2) is 7.02. The normalized spacial score (nSPS) is 17.8. The lowest BCUT2D eigenvalue weighted by Gasteiger charge is -2.38. The van der Waals surface area contributed by atoms with Crippen molar-refractivity contribution < 1.29 is 14.3 Å². The molecule has 0 bridgehead atoms. The third kappa shape index (κ3) is 4.01. The second-order valence-corrected chi connectivity index (χ2v) is 7.69. The number of benzene rings is 2. The number of methoxy groups -OCH3 is 1. The Morgan fingerprint density at radius 2 is 1.96 bits per heavy atom. The third-order valence-electron chi connectivity index (χ3n) is 4.95. The van der Waals surface area contributed by atoms with Gasteiger partial charge in [0.05, 0.1) is 19.6 Å². The zero-order valence-corrected chi connectivity index (χ0v) is 16.2. The number of amides is 1. The van der Waals surface area contributed by atoms with Gasteiger partial charge in [-0.05, 0) is 56.5 Å². The molecule has 1 atom stereocenters. The highest BCUT2D eigenvalue weighted by atomic mass is 16.5. The summed E-state index contributed by atoms with van der Waals surface area (Å²) < 4.78 is 11.4. The number of fused-ring (bicyclic) bond motifs is 1. The molecule has 2 aromatic rings. The van der Waals surface area contributed by atoms with Crippen molar-refractivity contribution in [3.8, 4) is 11.5 Å². The van der Waals surface area contributed by atoms with E-state index in [2.05, 4.69) is 31.3 Å². The molecule has 1 N–H and O–H groups in total. The van der Waals surface area contributed by atoms with Crippen LogP contribution in [0.15, 0.2) is 36.4 Å². The molecule has 3 rings (SSSR count). The maximum absolute atomic E-state index is 12.6. The highest BCUT2D eigenvalue weighted by Crippen LogP contribution is 2.41. The minimum Gasteiger partial charge on any atom is -0.497 e. The van der Waals surface area contributed by atoms with E-state index in [1.165, 1.54) is 11.1 Å². The Bertz CT molecular complexity index is 826. The molecule has 4 nitrogen and oxygen atoms in total. The third-order valence-corrected chi connectivity index (χ3v) is 4.95. The van der Waals surface area contributed by atoms with Crippen LogP contribution < -0.4 is 14.8 Å². The Hall–Kier alpha value is -2.49. The number of ether oxygens (including phenoxy) is 2. The summed E-state index contributed by atoms with van der Waals surface area (Å²) in [6.07, 6.45) is 1.11. The van der Waals surface area contributed by atoms with Crippen molar-refractivity contribution in [2.45, 2.75) is 52.2 Å². The molecule has 1 amide bonds. The Morgan fingerprint density at radius 1 is 1.19 bits per heavy atom. The van der Waals surface area contributed by atoms with E-state index in [9.17, 15) is 4.79 Å². The van der Waals surface area contributed by atoms with Gasteiger partial charge in [-0.25, -0.2) is 0 Å². The predicted molar refractivity (Wildman–Crippen MR) is 103 cm³/mol. The average molecular weight is 353 g/mol. The van der Waals surface area contributed by atoms with Crippen molar-refractivity contribution in [2.75, 3.05) is 7.11 Å². The molecule has 1 aliphatic rings. The van der Waals surface area contributed by atoms with E-state index in [4.69, 9.17) is 9.47 Å². The Kier molecular flexibility index (Phi) is 4.94. The van der Waals surface area contributed by atoms with Gasteiger partial charge in [0.1, 0.15) is 17.1 Å². The Morgan fingerprint density at radius 3 is 2.65 bits per heavy atom. The molecular formula is C22H27NO3. The number of carbonyl (C=O) groups is 1. The van der Waals surface area contributed by atoms with Crippen LogP contribution in [0.3, 0.4) is 0 Å². The van der Waals surface area contributed by atoms with E-state index < -0.39 is 0 Å². The quantitative estimate of drug-likeness (QED) is 0.893. The molecule has 0 unspecified atom stereocenters. The van der Waals surface area contributed by atoms with Crippen LogP contribution >= 0.6 is 0 Å². The fourth-order valence-electron chi connectivity index (χ4n) is 3.43. The summed E-state index contributed by atoms with van der Waals surface area (Å²) in [5.41, 5.74) is 4.13. The van der Waals surface area contributed by atoms with Crippen molar-refractivity contribution in [3.05, 3.63) is 58.7 Å². The summed E-state index contributed by atoms with van der Waals surface area (Å²) in [4.78, 5) is 12.6. The van der Waals surface area contributed by atoms with Crippen molar-refractivity contribution in [1.82, 2.24) is 5.32 Å². The number of rotatable bonds is 4. The van der Waals surface area contributed by atoms with Crippen LogP contribution in [0.25, 0.3) is 0 Å². The standard InChI is InChI=1S/C22H27NO3/c1-14-6-7-16(10-15(14)2)11-21(24)23-19-13-22(3,4)26-20-12-17(25-5)8-9-18(19)20/h6-10,12,19H,11,13H2,1-5H3,(H,23,24)/t19-/m0/s1. The number of nitrogens with one attached hydrogen (secondary N) is 1. The molecule has 138 valence electrons. The Labute approximate surface area is 155 Å². The molecular weight excluding hydrogens is 326 g/mol. The number of aryl methyl sites for hydroxylation is 2. The maximum atomic E-state index is 12.6. The fourth-order valence-corrected chi connectivity index (χ4v) is 3.43. The summed E-state index contributed by atoms with van der Waals surface area (Å²) in [6, 6.07) is 11.9. The number of carbonyl (C=O) groups excluding carboxylic acids is 1. The molecule has 1 heterocycles. The number of hydrogen-bond acceptors (Lipinski definition) is 3. The van der Waals surface area contributed by atoms with Gasteiger partial charge in [0.25, 0.3) is 0 Å². The first-order valence-electron chi connectivity index (χ1n) is 9.00. The monoisotopic (exact) mass is 353 g/mol. The van der Waals surface area contributed by atoms with Crippen LogP contribution in [0.4, 0.5) is 0 Å². The topological polar surface area (TPSA) is 47.6 Å². The molecule has 0 fully saturated rings. The first kappa shape index (κ1) is 18.3. The molecule has 0 saturated carbocycles. The lowest BCUT2D eigenvalue weighted by molar-refractivity contribution is -0.121. The maximum Gasteiger partial charge on any atom is 0.224 e. The molecule has 26 heavy (non-hydrogen) atoms. The van der Waals surface area contributed by atoms with Crippen LogP contribution in [0.5, 0.6) is 11.5 Å². The SMILES string of the molecule is COc1ccc2c(c1)OC(C)(C)C[C@@H]2NC(=O)Cc1ccc(C)c(C)c1. The van der Waals surface area contributed by atoms with E-state index in [0.717, 1.165) is 29.0 Å². The van der Waals surface area contributed by atoms with Gasteiger partial charge in [-0.3, -0.25) is 4.79 Å². The molecule has 4 heteroatoms. The predicted octanol–water partition coefficient (Wildman–Crippen LogP) is 4.27. The van der Waals surface area contributed by atoms with Gasteiger partial charge < -0.3 is 14.8 Å². The zero-order chi connectivity index (χ0) is 18.9. The first-order valence-corrected chi connectivity index (χ1v) is 9.00. The molecule has 1 aliphatic heterocycles. The first-order chi connectivity index (χ1) is 12.3. The molecule has 0 saturated heterocycles. The molecule has 0 aliphatic carbocycles. The summed E-state index contributed by atoms with van der Waals surface area (Å²) in [5.74, 6) is 1.55. The van der Waals surface area contributed by atoms with E-state index in [0.29, 0.717) is 6.42 Å². The van der Waals surface area contributed by atoms with E-state index >= 15 is 0 Å². The van der Waals surface area contributed by atoms with Crippen molar-refractivity contribution >= 4 is 5.91 Å². The Balaban J connectivity index is 1.78. The van der Waals surface area contributed by atoms with Gasteiger partial charge in [0.15, 0.2) is 0 Å². The van der Waals surface area contributed by atoms with Gasteiger partial charge in [0, 0.05) is 18.1 Å². The second-order valence-electron chi connectivity index (χ2n) is 7.69. The van der Waals surface area contributed by atoms with Gasteiger partial charge in [-0.2, -0.15) is 0 Å². The summed E-state index contributed by atoms with van der Waals surface area (Å²) >= 11 is 0. The largest absolute Gasteiger partial charge is 0.497 e. The van der Waals surface area contributed by atoms with Crippen molar-refractivity contribution in [1.29, 1.82) is 0 Å². The van der Waals surface area contributed by atoms with Crippen molar-refractivity contribution in [2.24, 2.45) is 0 Å². The molecule has 0 spiro atoms. The van der Waals surface area contributed by atoms with E-state index in [1.807, 2.05) is 38.1 Å². The lowest BCUT2D eigenvalue weighted by atomic mass is 9.89. The van der Waals surface area contributed by atoms with E-state index in [1.54, 1.807) is 7.11 Å². The smallest absolute Gasteiger partial charge is 0.224 e. The minimum absolute atomic E-state index is 0.0257. The van der Waals surface area contributed by atoms with Gasteiger partial charge in [0.2, 0.25) is 5.91 Å². The molecule has 0 radical (unpaired) electrons. The highest BCUT2D eigenvalue weighted by molar-refractivity contribution is 5.79. The van der Waals surface area contributed by atoms with Crippen LogP contribution in [-0.4, -0.2) is 18.6 Å².